The number of aliphatic imine (C=N–C) groups is 1. The maximum Gasteiger partial charge on any atom is 0.303 e. The minimum atomic E-state index is -1.71. The summed E-state index contributed by atoms with van der Waals surface area (Å²) in [6.07, 6.45) is 1.12. The molecule has 0 saturated carbocycles. The highest BCUT2D eigenvalue weighted by atomic mass is 32.2. The highest BCUT2D eigenvalue weighted by Gasteiger charge is 2.47. The number of aliphatic hydroxyl groups is 1. The zero-order chi connectivity index (χ0) is 74.1. The molecular weight excluding hydrogens is 1270 g/mol. The molecule has 2 fully saturated rings. The molecule has 3 rings (SSSR count). The van der Waals surface area contributed by atoms with E-state index < -0.39 is 162 Å². The van der Waals surface area contributed by atoms with E-state index in [0.717, 1.165) is 28.4 Å². The van der Waals surface area contributed by atoms with Crippen LogP contribution in [0, 0.1) is 41.4 Å². The van der Waals surface area contributed by atoms with Gasteiger partial charge in [0.05, 0.1) is 30.6 Å². The van der Waals surface area contributed by atoms with Gasteiger partial charge in [-0.1, -0.05) is 103 Å². The van der Waals surface area contributed by atoms with Crippen LogP contribution in [-0.4, -0.2) is 267 Å². The van der Waals surface area contributed by atoms with E-state index in [2.05, 4.69) is 26.6 Å². The first-order chi connectivity index (χ1) is 45.0. The van der Waals surface area contributed by atoms with Crippen LogP contribution in [0.3, 0.4) is 0 Å². The van der Waals surface area contributed by atoms with Crippen molar-refractivity contribution in [2.24, 2.45) is 46.4 Å². The molecule has 97 heavy (non-hydrogen) atoms. The second-order valence-electron chi connectivity index (χ2n) is 29.8. The van der Waals surface area contributed by atoms with Crippen LogP contribution in [-0.2, 0) is 57.5 Å². The SMILES string of the molecule is CC[C@@H]1NC(=O)[C@H]([C@H](O)[C@H](C)CC2=N[C@@H]3CS[C@H](CCCCC(=O)O)[C@@H]3N2)N(C)C(=O)[C@H](C(C)C)N(C)C(=O)[C@H](CC(C)C)N(C)C(=O)[C@H](CC(C)C)N(C)C(=O)[C@@H](C)NC(=O)[C@H](C)NC(=O)[C@H](CC(C)C)N(C)C(=O)[C@H](C(C)C)NC(=O)[C@H](CC(C)C)N(C)C(=O)CN(C)C1=O. The van der Waals surface area contributed by atoms with Gasteiger partial charge in [-0.25, -0.2) is 0 Å². The summed E-state index contributed by atoms with van der Waals surface area (Å²) in [5, 5.41) is 36.6. The molecule has 0 aromatic rings. The lowest BCUT2D eigenvalue weighted by molar-refractivity contribution is -0.157. The number of amides is 11. The normalized spacial score (nSPS) is 28.5. The number of aliphatic hydroxyl groups excluding tert-OH is 1. The van der Waals surface area contributed by atoms with E-state index >= 15 is 19.2 Å². The molecule has 0 aromatic heterocycles. The molecule has 3 aliphatic heterocycles. The molecule has 28 heteroatoms. The number of unbranched alkanes of at least 4 members (excludes halogenated alkanes) is 1. The average Bonchev–Trinajstić information content (AvgIpc) is 1.79. The van der Waals surface area contributed by atoms with E-state index in [1.165, 1.54) is 87.7 Å². The Morgan fingerprint density at radius 3 is 1.51 bits per heavy atom. The van der Waals surface area contributed by atoms with Crippen LogP contribution >= 0.6 is 11.8 Å². The van der Waals surface area contributed by atoms with E-state index in [-0.39, 0.29) is 86.0 Å². The van der Waals surface area contributed by atoms with Gasteiger partial charge in [0.1, 0.15) is 60.4 Å². The fraction of sp³-hybridized carbons (Fsp3) is 0.812. The summed E-state index contributed by atoms with van der Waals surface area (Å²) in [5.41, 5.74) is 0. The molecule has 0 bridgehead atoms. The number of amidine groups is 1. The minimum Gasteiger partial charge on any atom is -0.481 e. The molecule has 11 amide bonds. The van der Waals surface area contributed by atoms with E-state index in [9.17, 15) is 48.6 Å². The average molecular weight is 1390 g/mol. The molecule has 27 nitrogen and oxygen atoms in total. The lowest BCUT2D eigenvalue weighted by Crippen LogP contribution is -2.63. The van der Waals surface area contributed by atoms with Crippen molar-refractivity contribution in [3.63, 3.8) is 0 Å². The third-order valence-electron chi connectivity index (χ3n) is 18.9. The highest BCUT2D eigenvalue weighted by molar-refractivity contribution is 8.00. The van der Waals surface area contributed by atoms with Crippen molar-refractivity contribution in [1.82, 2.24) is 60.9 Å². The number of carboxylic acid groups (broad SMARTS) is 1. The lowest BCUT2D eigenvalue weighted by Gasteiger charge is -2.41. The van der Waals surface area contributed by atoms with Gasteiger partial charge in [-0.15, -0.1) is 0 Å². The van der Waals surface area contributed by atoms with Gasteiger partial charge in [-0.3, -0.25) is 62.5 Å². The van der Waals surface area contributed by atoms with Crippen LogP contribution in [0.5, 0.6) is 0 Å². The third-order valence-corrected chi connectivity index (χ3v) is 20.4. The van der Waals surface area contributed by atoms with E-state index in [0.29, 0.717) is 12.3 Å². The predicted octanol–water partition coefficient (Wildman–Crippen LogP) is 3.19. The number of aliphatic carboxylic acids is 1. The first-order valence-electron chi connectivity index (χ1n) is 34.9. The van der Waals surface area contributed by atoms with Gasteiger partial charge in [0.2, 0.25) is 65.0 Å². The summed E-state index contributed by atoms with van der Waals surface area (Å²) >= 11 is 1.76. The predicted molar refractivity (Wildman–Crippen MR) is 374 cm³/mol. The number of hydrogen-bond donors (Lipinski definition) is 7. The number of rotatable bonds is 20. The summed E-state index contributed by atoms with van der Waals surface area (Å²) in [5.74, 6) is -9.84. The Morgan fingerprint density at radius 2 is 1.00 bits per heavy atom. The maximum absolute atomic E-state index is 15.5. The number of likely N-dealkylation sites (N-methyl/N-ethyl adjacent to an activating group) is 7. The van der Waals surface area contributed by atoms with Crippen molar-refractivity contribution < 1.29 is 67.7 Å². The Hall–Kier alpha value is -6.58. The molecule has 552 valence electrons. The molecule has 0 aliphatic carbocycles. The molecule has 15 atom stereocenters. The summed E-state index contributed by atoms with van der Waals surface area (Å²) in [7, 11) is 9.87. The molecule has 7 N–H and O–H groups in total. The van der Waals surface area contributed by atoms with Crippen LogP contribution in [0.25, 0.3) is 0 Å². The van der Waals surface area contributed by atoms with Crippen LogP contribution in [0.4, 0.5) is 0 Å². The quantitative estimate of drug-likeness (QED) is 0.0861. The van der Waals surface area contributed by atoms with E-state index in [4.69, 9.17) is 4.99 Å². The third kappa shape index (κ3) is 23.3. The Kier molecular flexibility index (Phi) is 33.3. The molecule has 0 radical (unpaired) electrons. The number of carboxylic acids is 1. The maximum atomic E-state index is 15.5. The molecule has 0 unspecified atom stereocenters. The van der Waals surface area contributed by atoms with Crippen LogP contribution in [0.1, 0.15) is 175 Å². The highest BCUT2D eigenvalue weighted by Crippen LogP contribution is 2.36. The van der Waals surface area contributed by atoms with Crippen molar-refractivity contribution in [2.75, 3.05) is 61.6 Å². The molecule has 0 aromatic carbocycles. The Balaban J connectivity index is 2.28. The van der Waals surface area contributed by atoms with Gasteiger partial charge in [-0.05, 0) is 100 Å². The monoisotopic (exact) mass is 1390 g/mol. The van der Waals surface area contributed by atoms with Crippen LogP contribution in [0.2, 0.25) is 0 Å². The van der Waals surface area contributed by atoms with Gasteiger partial charge in [0, 0.05) is 73.2 Å². The molecule has 2 saturated heterocycles. The van der Waals surface area contributed by atoms with Crippen molar-refractivity contribution in [2.45, 2.75) is 259 Å². The number of carbonyl (C=O) groups is 12. The summed E-state index contributed by atoms with van der Waals surface area (Å²) < 4.78 is 0. The molecule has 3 aliphatic rings. The fourth-order valence-corrected chi connectivity index (χ4v) is 14.5. The van der Waals surface area contributed by atoms with Crippen LogP contribution < -0.4 is 26.6 Å². The Morgan fingerprint density at radius 1 is 0.526 bits per heavy atom. The number of hydrogen-bond acceptors (Lipinski definition) is 16. The number of fused-ring (bicyclic) bond motifs is 1. The van der Waals surface area contributed by atoms with Gasteiger partial charge in [0.25, 0.3) is 0 Å². The molecule has 3 heterocycles. The number of nitrogens with zero attached hydrogens (tertiary/aromatic N) is 8. The Labute approximate surface area is 581 Å². The van der Waals surface area contributed by atoms with Crippen LogP contribution in [0.15, 0.2) is 4.99 Å². The van der Waals surface area contributed by atoms with Gasteiger partial charge in [-0.2, -0.15) is 11.8 Å². The van der Waals surface area contributed by atoms with Gasteiger partial charge < -0.3 is 71.1 Å². The zero-order valence-corrected chi connectivity index (χ0v) is 63.2. The Bertz CT molecular complexity index is 2780. The topological polar surface area (TPSA) is 340 Å². The van der Waals surface area contributed by atoms with Gasteiger partial charge in [0.15, 0.2) is 0 Å². The summed E-state index contributed by atoms with van der Waals surface area (Å²) in [6, 6.07) is -12.9. The van der Waals surface area contributed by atoms with Crippen molar-refractivity contribution in [3.8, 4) is 0 Å². The zero-order valence-electron chi connectivity index (χ0n) is 62.4. The number of carbonyl (C=O) groups excluding carboxylic acids is 11. The second kappa shape index (κ2) is 38.1. The van der Waals surface area contributed by atoms with Crippen molar-refractivity contribution in [1.29, 1.82) is 0 Å². The standard InChI is InChI=1S/C69H121N13O14S/c1-24-45-65(92)76(17)34-53(83)77(18)47(29-36(2)3)62(89)75-55(40(10)11)68(95)78(19)48(30-37(4)5)61(88)70-43(15)60(87)71-44(16)64(91)79(20)49(31-38(6)7)66(93)80(21)50(32-39(8)9)67(94)81(22)57(41(12)13)69(96)82(23)58(63(90)73-45)59(86)42(14)33-52-72-46-35-97-51(56(46)74-52)27-25-26-28-54(84)85/h36-51,55-59,86H,24-35H2,1-23H3,(H,70,88)(H,71,87)(H,72,74)(H,73,90)(H,75,89)(H,84,85)/t42-,43+,44-,45+,46-,47+,48+,49+,50+,51-,55+,56-,57+,58+,59-/m1/s1. The lowest BCUT2D eigenvalue weighted by atomic mass is 9.91. The first kappa shape index (κ1) is 84.6. The largest absolute Gasteiger partial charge is 0.481 e. The fourth-order valence-electron chi connectivity index (χ4n) is 13.0. The number of nitrogens with one attached hydrogen (secondary N) is 5. The van der Waals surface area contributed by atoms with E-state index in [1.807, 2.05) is 55.4 Å². The second-order valence-corrected chi connectivity index (χ2v) is 31.1. The summed E-state index contributed by atoms with van der Waals surface area (Å²) in [6.45, 7) is 27.4. The summed E-state index contributed by atoms with van der Waals surface area (Å²) in [4.78, 5) is 187. The van der Waals surface area contributed by atoms with Crippen molar-refractivity contribution >= 4 is 88.5 Å². The smallest absolute Gasteiger partial charge is 0.303 e. The number of thioether (sulfide) groups is 1. The molecular formula is C69H121N13O14S. The first-order valence-corrected chi connectivity index (χ1v) is 36.0. The molecule has 0 spiro atoms. The van der Waals surface area contributed by atoms with Crippen molar-refractivity contribution in [3.05, 3.63) is 0 Å². The van der Waals surface area contributed by atoms with Gasteiger partial charge >= 0.3 is 5.97 Å². The van der Waals surface area contributed by atoms with E-state index in [1.54, 1.807) is 53.3 Å². The minimum absolute atomic E-state index is 0.0184.